The Kier molecular flexibility index (Phi) is 5.75. The Morgan fingerprint density at radius 1 is 1.41 bits per heavy atom. The molecule has 0 aliphatic carbocycles. The van der Waals surface area contributed by atoms with E-state index in [1.165, 1.54) is 0 Å². The van der Waals surface area contributed by atoms with Crippen LogP contribution in [0.5, 0.6) is 0 Å². The molecule has 0 saturated heterocycles. The molecular weight excluding hydrogens is 259 g/mol. The predicted octanol–water partition coefficient (Wildman–Crippen LogP) is 2.56. The molecule has 94 valence electrons. The molecule has 0 atom stereocenters. The minimum Gasteiger partial charge on any atom is -0.340 e. The van der Waals surface area contributed by atoms with Crippen LogP contribution in [0.15, 0.2) is 18.2 Å². The molecule has 0 radical (unpaired) electrons. The molecule has 0 spiro atoms. The number of carbonyl (C=O) groups excluding carboxylic acids is 1. The minimum absolute atomic E-state index is 0.0305. The molecule has 1 rings (SSSR count). The predicted molar refractivity (Wildman–Crippen MR) is 71.5 cm³/mol. The van der Waals surface area contributed by atoms with Crippen molar-refractivity contribution in [2.75, 3.05) is 20.1 Å². The molecule has 1 aromatic carbocycles. The number of rotatable bonds is 5. The molecular formula is C12H16Cl2N2O. The number of likely N-dealkylation sites (N-methyl/N-ethyl adjacent to an activating group) is 2. The summed E-state index contributed by atoms with van der Waals surface area (Å²) < 4.78 is 0. The molecule has 5 heteroatoms. The van der Waals surface area contributed by atoms with E-state index in [1.807, 2.05) is 19.1 Å². The van der Waals surface area contributed by atoms with Crippen molar-refractivity contribution in [2.45, 2.75) is 13.5 Å². The molecule has 0 aromatic heterocycles. The summed E-state index contributed by atoms with van der Waals surface area (Å²) in [6.45, 7) is 3.54. The smallest absolute Gasteiger partial charge is 0.236 e. The van der Waals surface area contributed by atoms with Crippen LogP contribution in [0, 0.1) is 0 Å². The maximum atomic E-state index is 11.7. The Bertz CT molecular complexity index is 396. The van der Waals surface area contributed by atoms with Crippen molar-refractivity contribution in [3.8, 4) is 0 Å². The number of halogens is 2. The van der Waals surface area contributed by atoms with Gasteiger partial charge in [-0.25, -0.2) is 0 Å². The van der Waals surface area contributed by atoms with Gasteiger partial charge in [0.25, 0.3) is 0 Å². The first kappa shape index (κ1) is 14.3. The highest BCUT2D eigenvalue weighted by molar-refractivity contribution is 6.42. The molecule has 0 fully saturated rings. The van der Waals surface area contributed by atoms with E-state index in [9.17, 15) is 4.79 Å². The maximum absolute atomic E-state index is 11.7. The Morgan fingerprint density at radius 2 is 2.12 bits per heavy atom. The second-order valence-electron chi connectivity index (χ2n) is 3.74. The molecule has 17 heavy (non-hydrogen) atoms. The van der Waals surface area contributed by atoms with E-state index in [0.717, 1.165) is 12.1 Å². The van der Waals surface area contributed by atoms with Gasteiger partial charge >= 0.3 is 0 Å². The first-order valence-corrected chi connectivity index (χ1v) is 6.19. The normalized spacial score (nSPS) is 10.4. The van der Waals surface area contributed by atoms with Crippen molar-refractivity contribution in [3.63, 3.8) is 0 Å². The summed E-state index contributed by atoms with van der Waals surface area (Å²) in [5.41, 5.74) is 0.853. The van der Waals surface area contributed by atoms with Crippen molar-refractivity contribution in [1.82, 2.24) is 10.2 Å². The Labute approximate surface area is 112 Å². The van der Waals surface area contributed by atoms with Gasteiger partial charge in [0, 0.05) is 13.6 Å². The van der Waals surface area contributed by atoms with E-state index >= 15 is 0 Å². The molecule has 3 nitrogen and oxygen atoms in total. The molecule has 0 saturated carbocycles. The van der Waals surface area contributed by atoms with Gasteiger partial charge in [0.15, 0.2) is 0 Å². The van der Waals surface area contributed by atoms with E-state index in [2.05, 4.69) is 5.32 Å². The fourth-order valence-corrected chi connectivity index (χ4v) is 1.76. The van der Waals surface area contributed by atoms with Gasteiger partial charge in [-0.1, -0.05) is 42.3 Å². The van der Waals surface area contributed by atoms with Crippen LogP contribution in [0.3, 0.4) is 0 Å². The highest BCUT2D eigenvalue weighted by Crippen LogP contribution is 2.26. The van der Waals surface area contributed by atoms with Crippen LogP contribution in [-0.4, -0.2) is 30.9 Å². The fourth-order valence-electron chi connectivity index (χ4n) is 1.38. The quantitative estimate of drug-likeness (QED) is 0.895. The van der Waals surface area contributed by atoms with E-state index in [4.69, 9.17) is 23.2 Å². The number of amides is 1. The molecule has 0 heterocycles. The van der Waals surface area contributed by atoms with E-state index in [-0.39, 0.29) is 5.91 Å². The first-order chi connectivity index (χ1) is 8.06. The molecule has 0 aliphatic rings. The van der Waals surface area contributed by atoms with Crippen molar-refractivity contribution in [3.05, 3.63) is 33.8 Å². The summed E-state index contributed by atoms with van der Waals surface area (Å²) in [5, 5.41) is 4.01. The zero-order valence-corrected chi connectivity index (χ0v) is 11.5. The lowest BCUT2D eigenvalue weighted by molar-refractivity contribution is -0.129. The van der Waals surface area contributed by atoms with Gasteiger partial charge in [-0.05, 0) is 18.2 Å². The Balaban J connectivity index is 2.64. The zero-order chi connectivity index (χ0) is 12.8. The molecule has 1 amide bonds. The fraction of sp³-hybridized carbons (Fsp3) is 0.417. The molecule has 1 N–H and O–H groups in total. The lowest BCUT2D eigenvalue weighted by Gasteiger charge is -2.18. The lowest BCUT2D eigenvalue weighted by Crippen LogP contribution is -2.35. The van der Waals surface area contributed by atoms with E-state index in [0.29, 0.717) is 23.1 Å². The van der Waals surface area contributed by atoms with Gasteiger partial charge in [0.05, 0.1) is 16.6 Å². The van der Waals surface area contributed by atoms with Crippen LogP contribution in [-0.2, 0) is 11.3 Å². The van der Waals surface area contributed by atoms with Crippen LogP contribution in [0.25, 0.3) is 0 Å². The van der Waals surface area contributed by atoms with Gasteiger partial charge in [-0.2, -0.15) is 0 Å². The van der Waals surface area contributed by atoms with Crippen LogP contribution in [0.1, 0.15) is 12.5 Å². The minimum atomic E-state index is 0.0305. The standard InChI is InChI=1S/C12H16Cl2N2O/c1-3-15-7-11(17)16(2)8-9-5-4-6-10(13)12(9)14/h4-6,15H,3,7-8H2,1-2H3. The number of hydrogen-bond donors (Lipinski definition) is 1. The number of nitrogens with zero attached hydrogens (tertiary/aromatic N) is 1. The third kappa shape index (κ3) is 4.19. The van der Waals surface area contributed by atoms with E-state index in [1.54, 1.807) is 18.0 Å². The maximum Gasteiger partial charge on any atom is 0.236 e. The highest BCUT2D eigenvalue weighted by atomic mass is 35.5. The molecule has 0 bridgehead atoms. The highest BCUT2D eigenvalue weighted by Gasteiger charge is 2.11. The summed E-state index contributed by atoms with van der Waals surface area (Å²) in [6.07, 6.45) is 0. The van der Waals surface area contributed by atoms with Gasteiger partial charge in [0.1, 0.15) is 0 Å². The molecule has 0 unspecified atom stereocenters. The largest absolute Gasteiger partial charge is 0.340 e. The summed E-state index contributed by atoms with van der Waals surface area (Å²) in [5.74, 6) is 0.0305. The molecule has 1 aromatic rings. The third-order valence-electron chi connectivity index (χ3n) is 2.39. The average Bonchev–Trinajstić information content (AvgIpc) is 2.31. The van der Waals surface area contributed by atoms with Gasteiger partial charge in [-0.15, -0.1) is 0 Å². The Morgan fingerprint density at radius 3 is 2.76 bits per heavy atom. The summed E-state index contributed by atoms with van der Waals surface area (Å²) in [7, 11) is 1.75. The van der Waals surface area contributed by atoms with Gasteiger partial charge in [-0.3, -0.25) is 4.79 Å². The van der Waals surface area contributed by atoms with Gasteiger partial charge in [0.2, 0.25) is 5.91 Å². The lowest BCUT2D eigenvalue weighted by atomic mass is 10.2. The number of nitrogens with one attached hydrogen (secondary N) is 1. The summed E-state index contributed by atoms with van der Waals surface area (Å²) in [4.78, 5) is 13.3. The van der Waals surface area contributed by atoms with Crippen LogP contribution in [0.2, 0.25) is 10.0 Å². The average molecular weight is 275 g/mol. The second kappa shape index (κ2) is 6.84. The topological polar surface area (TPSA) is 32.3 Å². The molecule has 0 aliphatic heterocycles. The van der Waals surface area contributed by atoms with Crippen molar-refractivity contribution in [1.29, 1.82) is 0 Å². The number of benzene rings is 1. The third-order valence-corrected chi connectivity index (χ3v) is 3.25. The number of carbonyl (C=O) groups is 1. The summed E-state index contributed by atoms with van der Waals surface area (Å²) in [6, 6.07) is 5.42. The second-order valence-corrected chi connectivity index (χ2v) is 4.53. The zero-order valence-electron chi connectivity index (χ0n) is 9.96. The van der Waals surface area contributed by atoms with Crippen LogP contribution in [0.4, 0.5) is 0 Å². The van der Waals surface area contributed by atoms with Crippen LogP contribution < -0.4 is 5.32 Å². The van der Waals surface area contributed by atoms with Gasteiger partial charge < -0.3 is 10.2 Å². The van der Waals surface area contributed by atoms with Crippen molar-refractivity contribution >= 4 is 29.1 Å². The van der Waals surface area contributed by atoms with Crippen molar-refractivity contribution in [2.24, 2.45) is 0 Å². The van der Waals surface area contributed by atoms with Crippen LogP contribution >= 0.6 is 23.2 Å². The SMILES string of the molecule is CCNCC(=O)N(C)Cc1cccc(Cl)c1Cl. The monoisotopic (exact) mass is 274 g/mol. The first-order valence-electron chi connectivity index (χ1n) is 5.43. The number of hydrogen-bond acceptors (Lipinski definition) is 2. The van der Waals surface area contributed by atoms with E-state index < -0.39 is 0 Å². The Hall–Kier alpha value is -0.770. The van der Waals surface area contributed by atoms with Crippen molar-refractivity contribution < 1.29 is 4.79 Å². The summed E-state index contributed by atoms with van der Waals surface area (Å²) >= 11 is 12.0.